The van der Waals surface area contributed by atoms with Crippen LogP contribution >= 0.6 is 0 Å². The first-order valence-electron chi connectivity index (χ1n) is 8.40. The van der Waals surface area contributed by atoms with Crippen molar-refractivity contribution >= 4 is 11.9 Å². The maximum atomic E-state index is 12.1. The largest absolute Gasteiger partial charge is 0.496 e. The highest BCUT2D eigenvalue weighted by molar-refractivity contribution is 5.78. The van der Waals surface area contributed by atoms with Gasteiger partial charge in [0.15, 0.2) is 13.2 Å². The summed E-state index contributed by atoms with van der Waals surface area (Å²) in [5.41, 5.74) is 1.79. The van der Waals surface area contributed by atoms with Crippen LogP contribution in [0.5, 0.6) is 17.2 Å². The van der Waals surface area contributed by atoms with E-state index in [-0.39, 0.29) is 18.6 Å². The third-order valence-corrected chi connectivity index (χ3v) is 3.86. The van der Waals surface area contributed by atoms with Crippen LogP contribution in [0.3, 0.4) is 0 Å². The van der Waals surface area contributed by atoms with E-state index in [1.807, 2.05) is 19.9 Å². The fourth-order valence-corrected chi connectivity index (χ4v) is 2.45. The lowest BCUT2D eigenvalue weighted by molar-refractivity contribution is -0.139. The molecule has 0 aliphatic carbocycles. The van der Waals surface area contributed by atoms with Gasteiger partial charge >= 0.3 is 5.97 Å². The van der Waals surface area contributed by atoms with Crippen LogP contribution in [-0.2, 0) is 9.59 Å². The summed E-state index contributed by atoms with van der Waals surface area (Å²) < 4.78 is 15.8. The van der Waals surface area contributed by atoms with E-state index in [9.17, 15) is 9.59 Å². The number of benzene rings is 2. The van der Waals surface area contributed by atoms with E-state index in [1.54, 1.807) is 43.5 Å². The van der Waals surface area contributed by atoms with E-state index >= 15 is 0 Å². The molecule has 2 aromatic rings. The molecule has 0 aliphatic heterocycles. The lowest BCUT2D eigenvalue weighted by atomic mass is 10.1. The molecule has 7 nitrogen and oxygen atoms in total. The van der Waals surface area contributed by atoms with Gasteiger partial charge in [0.25, 0.3) is 5.91 Å². The summed E-state index contributed by atoms with van der Waals surface area (Å²) >= 11 is 0. The number of nitrogens with one attached hydrogen (secondary N) is 1. The predicted octanol–water partition coefficient (Wildman–Crippen LogP) is 2.72. The van der Waals surface area contributed by atoms with Gasteiger partial charge in [-0.3, -0.25) is 4.79 Å². The first-order valence-corrected chi connectivity index (χ1v) is 8.40. The smallest absolute Gasteiger partial charge is 0.341 e. The molecule has 0 saturated carbocycles. The molecule has 0 saturated heterocycles. The molecular formula is C20H23NO6. The van der Waals surface area contributed by atoms with Crippen molar-refractivity contribution in [2.45, 2.75) is 19.9 Å². The van der Waals surface area contributed by atoms with E-state index in [1.165, 1.54) is 0 Å². The Morgan fingerprint density at radius 1 is 1.04 bits per heavy atom. The molecular weight excluding hydrogens is 350 g/mol. The fourth-order valence-electron chi connectivity index (χ4n) is 2.45. The second kappa shape index (κ2) is 9.47. The Kier molecular flexibility index (Phi) is 7.05. The van der Waals surface area contributed by atoms with Crippen LogP contribution in [0.25, 0.3) is 0 Å². The van der Waals surface area contributed by atoms with E-state index in [0.717, 1.165) is 16.9 Å². The Morgan fingerprint density at radius 3 is 2.26 bits per heavy atom. The highest BCUT2D eigenvalue weighted by atomic mass is 16.5. The zero-order valence-corrected chi connectivity index (χ0v) is 15.5. The number of carboxylic acids is 1. The van der Waals surface area contributed by atoms with Gasteiger partial charge in [-0.15, -0.1) is 0 Å². The molecule has 0 radical (unpaired) electrons. The van der Waals surface area contributed by atoms with E-state index in [4.69, 9.17) is 19.3 Å². The molecule has 0 spiro atoms. The molecule has 0 heterocycles. The highest BCUT2D eigenvalue weighted by Gasteiger charge is 2.11. The van der Waals surface area contributed by atoms with Crippen molar-refractivity contribution in [2.24, 2.45) is 0 Å². The van der Waals surface area contributed by atoms with Crippen LogP contribution in [-0.4, -0.2) is 37.3 Å². The minimum Gasteiger partial charge on any atom is -0.496 e. The summed E-state index contributed by atoms with van der Waals surface area (Å²) in [6.45, 7) is 3.25. The number of aryl methyl sites for hydroxylation is 1. The average molecular weight is 373 g/mol. The average Bonchev–Trinajstić information content (AvgIpc) is 2.65. The third-order valence-electron chi connectivity index (χ3n) is 3.86. The fraction of sp³-hybridized carbons (Fsp3) is 0.300. The molecule has 2 N–H and O–H groups in total. The summed E-state index contributed by atoms with van der Waals surface area (Å²) in [7, 11) is 1.60. The number of ether oxygens (including phenoxy) is 3. The lowest BCUT2D eigenvalue weighted by Gasteiger charge is -2.15. The number of aliphatic carboxylic acids is 1. The zero-order chi connectivity index (χ0) is 19.8. The number of methoxy groups -OCH3 is 1. The Balaban J connectivity index is 1.84. The monoisotopic (exact) mass is 373 g/mol. The summed E-state index contributed by atoms with van der Waals surface area (Å²) in [5.74, 6) is 0.527. The summed E-state index contributed by atoms with van der Waals surface area (Å²) in [6.07, 6.45) is 0. The number of carbonyl (C=O) groups excluding carboxylic acids is 1. The third kappa shape index (κ3) is 6.22. The van der Waals surface area contributed by atoms with Crippen molar-refractivity contribution in [2.75, 3.05) is 20.3 Å². The van der Waals surface area contributed by atoms with E-state index in [2.05, 4.69) is 5.32 Å². The minimum absolute atomic E-state index is 0.101. The first-order chi connectivity index (χ1) is 12.9. The standard InChI is InChI=1S/C20H23NO6/c1-13-10-17(8-9-18(13)25-3)26-11-19(22)21-14(2)15-4-6-16(7-5-15)27-12-20(23)24/h4-10,14H,11-12H2,1-3H3,(H,21,22)(H,23,24). The summed E-state index contributed by atoms with van der Waals surface area (Å²) in [5, 5.41) is 11.5. The molecule has 27 heavy (non-hydrogen) atoms. The molecule has 1 amide bonds. The molecule has 144 valence electrons. The molecule has 0 fully saturated rings. The van der Waals surface area contributed by atoms with Crippen LogP contribution in [0.15, 0.2) is 42.5 Å². The molecule has 0 aliphatic rings. The van der Waals surface area contributed by atoms with Crippen molar-refractivity contribution in [3.05, 3.63) is 53.6 Å². The van der Waals surface area contributed by atoms with Crippen LogP contribution in [0, 0.1) is 6.92 Å². The van der Waals surface area contributed by atoms with Crippen LogP contribution in [0.4, 0.5) is 0 Å². The number of hydrogen-bond acceptors (Lipinski definition) is 5. The number of carboxylic acid groups (broad SMARTS) is 1. The quantitative estimate of drug-likeness (QED) is 0.702. The van der Waals surface area contributed by atoms with Crippen molar-refractivity contribution in [3.63, 3.8) is 0 Å². The SMILES string of the molecule is COc1ccc(OCC(=O)NC(C)c2ccc(OCC(=O)O)cc2)cc1C. The molecule has 1 unspecified atom stereocenters. The topological polar surface area (TPSA) is 94.1 Å². The van der Waals surface area contributed by atoms with Gasteiger partial charge in [-0.2, -0.15) is 0 Å². The van der Waals surface area contributed by atoms with Gasteiger partial charge in [-0.25, -0.2) is 4.79 Å². The maximum absolute atomic E-state index is 12.1. The van der Waals surface area contributed by atoms with Gasteiger partial charge in [0.1, 0.15) is 17.2 Å². The molecule has 2 aromatic carbocycles. The molecule has 1 atom stereocenters. The van der Waals surface area contributed by atoms with Crippen molar-refractivity contribution in [1.29, 1.82) is 0 Å². The van der Waals surface area contributed by atoms with Gasteiger partial charge in [0.05, 0.1) is 13.2 Å². The van der Waals surface area contributed by atoms with Crippen molar-refractivity contribution in [1.82, 2.24) is 5.32 Å². The number of carbonyl (C=O) groups is 2. The van der Waals surface area contributed by atoms with E-state index in [0.29, 0.717) is 11.5 Å². The zero-order valence-electron chi connectivity index (χ0n) is 15.5. The van der Waals surface area contributed by atoms with Gasteiger partial charge in [-0.1, -0.05) is 12.1 Å². The molecule has 7 heteroatoms. The van der Waals surface area contributed by atoms with Gasteiger partial charge in [0.2, 0.25) is 0 Å². The lowest BCUT2D eigenvalue weighted by Crippen LogP contribution is -2.31. The maximum Gasteiger partial charge on any atom is 0.341 e. The van der Waals surface area contributed by atoms with Gasteiger partial charge in [0, 0.05) is 0 Å². The second-order valence-corrected chi connectivity index (χ2v) is 5.96. The molecule has 0 aromatic heterocycles. The number of hydrogen-bond donors (Lipinski definition) is 2. The van der Waals surface area contributed by atoms with Crippen molar-refractivity contribution < 1.29 is 28.9 Å². The summed E-state index contributed by atoms with van der Waals surface area (Å²) in [4.78, 5) is 22.6. The number of rotatable bonds is 9. The van der Waals surface area contributed by atoms with E-state index < -0.39 is 12.6 Å². The van der Waals surface area contributed by atoms with Crippen LogP contribution in [0.1, 0.15) is 24.1 Å². The second-order valence-electron chi connectivity index (χ2n) is 5.96. The van der Waals surface area contributed by atoms with Crippen LogP contribution in [0.2, 0.25) is 0 Å². The summed E-state index contributed by atoms with van der Waals surface area (Å²) in [6, 6.07) is 12.0. The first kappa shape index (κ1) is 20.1. The van der Waals surface area contributed by atoms with Gasteiger partial charge < -0.3 is 24.6 Å². The van der Waals surface area contributed by atoms with Crippen LogP contribution < -0.4 is 19.5 Å². The predicted molar refractivity (Wildman–Crippen MR) is 99.4 cm³/mol. The van der Waals surface area contributed by atoms with Gasteiger partial charge in [-0.05, 0) is 55.3 Å². The molecule has 2 rings (SSSR count). The molecule has 0 bridgehead atoms. The minimum atomic E-state index is -1.04. The Labute approximate surface area is 157 Å². The normalized spacial score (nSPS) is 11.4. The van der Waals surface area contributed by atoms with Crippen molar-refractivity contribution in [3.8, 4) is 17.2 Å². The Morgan fingerprint density at radius 2 is 1.67 bits per heavy atom. The Hall–Kier alpha value is -3.22. The highest BCUT2D eigenvalue weighted by Crippen LogP contribution is 2.23. The Bertz CT molecular complexity index is 788. The number of amides is 1.